The van der Waals surface area contributed by atoms with Crippen molar-refractivity contribution in [3.8, 4) is 11.3 Å². The van der Waals surface area contributed by atoms with Crippen molar-refractivity contribution in [3.63, 3.8) is 0 Å². The van der Waals surface area contributed by atoms with Gasteiger partial charge in [-0.1, -0.05) is 0 Å². The van der Waals surface area contributed by atoms with E-state index in [1.165, 1.54) is 13.3 Å². The van der Waals surface area contributed by atoms with Gasteiger partial charge in [-0.2, -0.15) is 0 Å². The minimum atomic E-state index is -0.491. The van der Waals surface area contributed by atoms with Crippen molar-refractivity contribution in [1.29, 1.82) is 0 Å². The lowest BCUT2D eigenvalue weighted by molar-refractivity contribution is 0.0602. The maximum atomic E-state index is 13.3. The van der Waals surface area contributed by atoms with Gasteiger partial charge in [0.25, 0.3) is 0 Å². The minimum Gasteiger partial charge on any atom is -0.465 e. The highest BCUT2D eigenvalue weighted by molar-refractivity contribution is 14.1. The van der Waals surface area contributed by atoms with Crippen LogP contribution in [0.3, 0.4) is 0 Å². The highest BCUT2D eigenvalue weighted by Crippen LogP contribution is 2.29. The Labute approximate surface area is 129 Å². The molecule has 0 radical (unpaired) electrons. The van der Waals surface area contributed by atoms with E-state index < -0.39 is 5.97 Å². The molecule has 6 heteroatoms. The number of pyridine rings is 1. The standard InChI is InChI=1S/C14H12FIN2O2/c1-7-3-13(18-6-10(7)15)8-5-12(17)9(4-11(8)16)14(19)20-2/h3-6H,17H2,1-2H3. The highest BCUT2D eigenvalue weighted by atomic mass is 127. The first kappa shape index (κ1) is 14.7. The van der Waals surface area contributed by atoms with Crippen molar-refractivity contribution in [2.24, 2.45) is 0 Å². The Kier molecular flexibility index (Phi) is 4.22. The molecule has 0 spiro atoms. The molecule has 104 valence electrons. The van der Waals surface area contributed by atoms with E-state index in [4.69, 9.17) is 5.73 Å². The van der Waals surface area contributed by atoms with E-state index >= 15 is 0 Å². The predicted molar refractivity (Wildman–Crippen MR) is 82.8 cm³/mol. The molecule has 0 unspecified atom stereocenters. The normalized spacial score (nSPS) is 10.4. The Morgan fingerprint density at radius 3 is 2.70 bits per heavy atom. The van der Waals surface area contributed by atoms with Crippen LogP contribution < -0.4 is 5.73 Å². The summed E-state index contributed by atoms with van der Waals surface area (Å²) in [5.41, 5.74) is 8.33. The van der Waals surface area contributed by atoms with Crippen molar-refractivity contribution in [3.05, 3.63) is 44.9 Å². The lowest BCUT2D eigenvalue weighted by atomic mass is 10.1. The van der Waals surface area contributed by atoms with E-state index in [1.807, 2.05) is 0 Å². The zero-order chi connectivity index (χ0) is 14.9. The molecule has 1 aromatic carbocycles. The summed E-state index contributed by atoms with van der Waals surface area (Å²) < 4.78 is 18.7. The molecule has 0 aliphatic heterocycles. The van der Waals surface area contributed by atoms with Crippen LogP contribution in [0.5, 0.6) is 0 Å². The third-order valence-electron chi connectivity index (χ3n) is 2.87. The highest BCUT2D eigenvalue weighted by Gasteiger charge is 2.15. The molecule has 0 saturated heterocycles. The lowest BCUT2D eigenvalue weighted by Crippen LogP contribution is -2.07. The van der Waals surface area contributed by atoms with Crippen molar-refractivity contribution in [2.75, 3.05) is 12.8 Å². The van der Waals surface area contributed by atoms with Gasteiger partial charge in [0.1, 0.15) is 5.82 Å². The number of hydrogen-bond acceptors (Lipinski definition) is 4. The van der Waals surface area contributed by atoms with Gasteiger partial charge in [-0.15, -0.1) is 0 Å². The molecule has 0 aliphatic rings. The molecule has 2 N–H and O–H groups in total. The van der Waals surface area contributed by atoms with Gasteiger partial charge in [-0.05, 0) is 53.3 Å². The molecule has 20 heavy (non-hydrogen) atoms. The Hall–Kier alpha value is -1.70. The molecule has 0 bridgehead atoms. The summed E-state index contributed by atoms with van der Waals surface area (Å²) in [6, 6.07) is 4.93. The molecular formula is C14H12FIN2O2. The number of hydrogen-bond donors (Lipinski definition) is 1. The Morgan fingerprint density at radius 2 is 2.10 bits per heavy atom. The Morgan fingerprint density at radius 1 is 1.40 bits per heavy atom. The number of esters is 1. The van der Waals surface area contributed by atoms with Crippen LogP contribution in [0.2, 0.25) is 0 Å². The summed E-state index contributed by atoms with van der Waals surface area (Å²) in [5.74, 6) is -0.849. The fraction of sp³-hybridized carbons (Fsp3) is 0.143. The van der Waals surface area contributed by atoms with E-state index in [9.17, 15) is 9.18 Å². The Balaban J connectivity index is 2.55. The fourth-order valence-electron chi connectivity index (χ4n) is 1.76. The number of carbonyl (C=O) groups excluding carboxylic acids is 1. The van der Waals surface area contributed by atoms with Gasteiger partial charge in [0.15, 0.2) is 0 Å². The number of aromatic nitrogens is 1. The van der Waals surface area contributed by atoms with Crippen molar-refractivity contribution in [1.82, 2.24) is 4.98 Å². The van der Waals surface area contributed by atoms with Gasteiger partial charge in [0.2, 0.25) is 0 Å². The third kappa shape index (κ3) is 2.74. The first-order chi connectivity index (χ1) is 9.43. The maximum absolute atomic E-state index is 13.3. The van der Waals surface area contributed by atoms with Gasteiger partial charge < -0.3 is 10.5 Å². The van der Waals surface area contributed by atoms with Crippen LogP contribution >= 0.6 is 22.6 Å². The number of nitrogen functional groups attached to an aromatic ring is 1. The largest absolute Gasteiger partial charge is 0.465 e. The molecule has 0 saturated carbocycles. The number of ether oxygens (including phenoxy) is 1. The molecule has 0 atom stereocenters. The van der Waals surface area contributed by atoms with Crippen LogP contribution in [0.4, 0.5) is 10.1 Å². The average molecular weight is 386 g/mol. The summed E-state index contributed by atoms with van der Waals surface area (Å²) in [4.78, 5) is 15.6. The van der Waals surface area contributed by atoms with Crippen LogP contribution in [-0.4, -0.2) is 18.1 Å². The van der Waals surface area contributed by atoms with E-state index in [0.29, 0.717) is 22.5 Å². The molecule has 0 fully saturated rings. The quantitative estimate of drug-likeness (QED) is 0.489. The summed E-state index contributed by atoms with van der Waals surface area (Å²) in [6.45, 7) is 1.67. The summed E-state index contributed by atoms with van der Waals surface area (Å²) in [6.07, 6.45) is 1.17. The zero-order valence-electron chi connectivity index (χ0n) is 10.9. The average Bonchev–Trinajstić information content (AvgIpc) is 2.43. The fourth-order valence-corrected chi connectivity index (χ4v) is 2.50. The number of halogens is 2. The summed E-state index contributed by atoms with van der Waals surface area (Å²) in [5, 5.41) is 0. The number of carbonyl (C=O) groups is 1. The van der Waals surface area contributed by atoms with Gasteiger partial charge in [0, 0.05) is 14.8 Å². The van der Waals surface area contributed by atoms with Crippen LogP contribution in [-0.2, 0) is 4.74 Å². The molecule has 0 amide bonds. The third-order valence-corrected chi connectivity index (χ3v) is 3.76. The number of nitrogens with two attached hydrogens (primary N) is 1. The topological polar surface area (TPSA) is 65.2 Å². The second kappa shape index (κ2) is 5.74. The first-order valence-electron chi connectivity index (χ1n) is 5.74. The van der Waals surface area contributed by atoms with Gasteiger partial charge in [-0.3, -0.25) is 4.98 Å². The summed E-state index contributed by atoms with van der Waals surface area (Å²) >= 11 is 2.08. The van der Waals surface area contributed by atoms with E-state index in [1.54, 1.807) is 25.1 Å². The number of methoxy groups -OCH3 is 1. The molecule has 0 aliphatic carbocycles. The van der Waals surface area contributed by atoms with Crippen LogP contribution in [0.25, 0.3) is 11.3 Å². The zero-order valence-corrected chi connectivity index (χ0v) is 13.1. The summed E-state index contributed by atoms with van der Waals surface area (Å²) in [7, 11) is 1.30. The van der Waals surface area contributed by atoms with Crippen LogP contribution in [0, 0.1) is 16.3 Å². The lowest BCUT2D eigenvalue weighted by Gasteiger charge is -2.10. The molecule has 4 nitrogen and oxygen atoms in total. The van der Waals surface area contributed by atoms with Gasteiger partial charge in [0.05, 0.1) is 24.6 Å². The number of rotatable bonds is 2. The Bertz CT molecular complexity index is 689. The SMILES string of the molecule is COC(=O)c1cc(I)c(-c2cc(C)c(F)cn2)cc1N. The van der Waals surface area contributed by atoms with Gasteiger partial charge >= 0.3 is 5.97 Å². The van der Waals surface area contributed by atoms with Crippen LogP contribution in [0.15, 0.2) is 24.4 Å². The smallest absolute Gasteiger partial charge is 0.339 e. The van der Waals surface area contributed by atoms with Crippen molar-refractivity contribution in [2.45, 2.75) is 6.92 Å². The number of benzene rings is 1. The number of nitrogens with zero attached hydrogens (tertiary/aromatic N) is 1. The second-order valence-electron chi connectivity index (χ2n) is 4.23. The molecule has 2 aromatic rings. The molecular weight excluding hydrogens is 374 g/mol. The van der Waals surface area contributed by atoms with E-state index in [-0.39, 0.29) is 5.82 Å². The molecule has 2 rings (SSSR count). The van der Waals surface area contributed by atoms with E-state index in [2.05, 4.69) is 32.3 Å². The molecule has 1 heterocycles. The maximum Gasteiger partial charge on any atom is 0.339 e. The van der Waals surface area contributed by atoms with Crippen LogP contribution in [0.1, 0.15) is 15.9 Å². The monoisotopic (exact) mass is 386 g/mol. The minimum absolute atomic E-state index is 0.302. The number of aryl methyl sites for hydroxylation is 1. The predicted octanol–water partition coefficient (Wildman–Crippen LogP) is 3.17. The van der Waals surface area contributed by atoms with Gasteiger partial charge in [-0.25, -0.2) is 9.18 Å². The van der Waals surface area contributed by atoms with E-state index in [0.717, 1.165) is 9.13 Å². The second-order valence-corrected chi connectivity index (χ2v) is 5.39. The molecule has 1 aromatic heterocycles. The first-order valence-corrected chi connectivity index (χ1v) is 6.81. The number of anilines is 1. The van der Waals surface area contributed by atoms with Crippen molar-refractivity contribution >= 4 is 34.2 Å². The van der Waals surface area contributed by atoms with Crippen molar-refractivity contribution < 1.29 is 13.9 Å².